The van der Waals surface area contributed by atoms with Crippen molar-refractivity contribution in [3.05, 3.63) is 53.3 Å². The summed E-state index contributed by atoms with van der Waals surface area (Å²) in [5.41, 5.74) is 4.69. The van der Waals surface area contributed by atoms with E-state index >= 15 is 0 Å². The van der Waals surface area contributed by atoms with Gasteiger partial charge in [0, 0.05) is 24.1 Å². The molecule has 1 fully saturated rings. The second-order valence-corrected chi connectivity index (χ2v) is 8.43. The lowest BCUT2D eigenvalue weighted by Crippen LogP contribution is -2.41. The predicted molar refractivity (Wildman–Crippen MR) is 118 cm³/mol. The molecule has 1 spiro atoms. The number of hydrogen-bond donors (Lipinski definition) is 2. The van der Waals surface area contributed by atoms with Gasteiger partial charge in [-0.1, -0.05) is 24.3 Å². The van der Waals surface area contributed by atoms with E-state index in [4.69, 9.17) is 0 Å². The second-order valence-electron chi connectivity index (χ2n) is 8.43. The molecule has 162 valence electrons. The maximum atomic E-state index is 13.7. The molecular formula is C23H23ClF2N4O. The van der Waals surface area contributed by atoms with E-state index in [1.54, 1.807) is 0 Å². The van der Waals surface area contributed by atoms with Gasteiger partial charge in [-0.25, -0.2) is 13.8 Å². The number of nitrogens with zero attached hydrogens (tertiary/aromatic N) is 2. The minimum Gasteiger partial charge on any atom is -0.325 e. The van der Waals surface area contributed by atoms with Crippen molar-refractivity contribution in [1.82, 2.24) is 15.2 Å². The normalized spacial score (nSPS) is 18.4. The maximum absolute atomic E-state index is 13.7. The van der Waals surface area contributed by atoms with Crippen LogP contribution in [0.1, 0.15) is 42.6 Å². The van der Waals surface area contributed by atoms with Gasteiger partial charge in [0.1, 0.15) is 5.82 Å². The third-order valence-electron chi connectivity index (χ3n) is 6.46. The summed E-state index contributed by atoms with van der Waals surface area (Å²) >= 11 is 0. The molecule has 0 bridgehead atoms. The lowest BCUT2D eigenvalue weighted by Gasteiger charge is -2.35. The van der Waals surface area contributed by atoms with Gasteiger partial charge in [0.2, 0.25) is 11.8 Å². The van der Waals surface area contributed by atoms with Gasteiger partial charge in [-0.15, -0.1) is 12.4 Å². The van der Waals surface area contributed by atoms with Crippen molar-refractivity contribution in [2.75, 3.05) is 5.32 Å². The van der Waals surface area contributed by atoms with Crippen LogP contribution in [0.25, 0.3) is 22.5 Å². The first-order valence-electron chi connectivity index (χ1n) is 10.1. The average Bonchev–Trinajstić information content (AvgIpc) is 3.26. The Hall–Kier alpha value is -2.80. The third-order valence-corrected chi connectivity index (χ3v) is 6.46. The van der Waals surface area contributed by atoms with Gasteiger partial charge in [0.05, 0.1) is 5.41 Å². The molecule has 1 aliphatic heterocycles. The molecule has 2 heterocycles. The first-order chi connectivity index (χ1) is 14.3. The van der Waals surface area contributed by atoms with Gasteiger partial charge in [0.15, 0.2) is 5.82 Å². The number of anilines is 1. The number of carbonyl (C=O) groups excluding carboxylic acids is 1. The Kier molecular flexibility index (Phi) is 5.12. The van der Waals surface area contributed by atoms with Crippen LogP contribution in [0.2, 0.25) is 0 Å². The fourth-order valence-corrected chi connectivity index (χ4v) is 4.68. The van der Waals surface area contributed by atoms with Crippen LogP contribution >= 0.6 is 12.4 Å². The number of carbonyl (C=O) groups is 1. The Labute approximate surface area is 185 Å². The molecule has 1 saturated carbocycles. The number of nitrogens with one attached hydrogen (secondary N) is 2. The number of aryl methyl sites for hydroxylation is 2. The Morgan fingerprint density at radius 1 is 0.968 bits per heavy atom. The molecule has 1 aliphatic carbocycles. The van der Waals surface area contributed by atoms with Gasteiger partial charge in [-0.2, -0.15) is 5.10 Å². The van der Waals surface area contributed by atoms with Crippen LogP contribution in [0.3, 0.4) is 0 Å². The third kappa shape index (κ3) is 3.51. The molecule has 5 nitrogen and oxygen atoms in total. The van der Waals surface area contributed by atoms with Crippen molar-refractivity contribution in [1.29, 1.82) is 0 Å². The Bertz CT molecular complexity index is 1160. The number of hydrogen-bond acceptors (Lipinski definition) is 3. The number of halogens is 3. The van der Waals surface area contributed by atoms with Crippen LogP contribution in [-0.2, 0) is 10.2 Å². The number of fused-ring (bicyclic) bond motifs is 2. The van der Waals surface area contributed by atoms with Crippen molar-refractivity contribution >= 4 is 24.0 Å². The van der Waals surface area contributed by atoms with E-state index < -0.39 is 11.3 Å². The summed E-state index contributed by atoms with van der Waals surface area (Å²) in [4.78, 5) is 17.2. The van der Waals surface area contributed by atoms with Gasteiger partial charge >= 0.3 is 0 Å². The molecule has 2 aliphatic rings. The highest BCUT2D eigenvalue weighted by atomic mass is 35.5. The van der Waals surface area contributed by atoms with E-state index in [2.05, 4.69) is 20.5 Å². The largest absolute Gasteiger partial charge is 0.325 e. The molecule has 0 unspecified atom stereocenters. The van der Waals surface area contributed by atoms with Gasteiger partial charge in [-0.05, 0) is 61.1 Å². The molecule has 8 heteroatoms. The number of rotatable bonds is 2. The summed E-state index contributed by atoms with van der Waals surface area (Å²) in [5, 5.41) is 10.0. The number of aromatic amines is 1. The minimum atomic E-state index is -2.68. The summed E-state index contributed by atoms with van der Waals surface area (Å²) in [6.45, 7) is 3.88. The van der Waals surface area contributed by atoms with Crippen LogP contribution in [0, 0.1) is 13.8 Å². The highest BCUT2D eigenvalue weighted by Gasteiger charge is 2.52. The van der Waals surface area contributed by atoms with E-state index in [0.717, 1.165) is 39.3 Å². The summed E-state index contributed by atoms with van der Waals surface area (Å²) in [5.74, 6) is -1.46. The smallest absolute Gasteiger partial charge is 0.248 e. The van der Waals surface area contributed by atoms with Gasteiger partial charge in [-0.3, -0.25) is 9.89 Å². The zero-order chi connectivity index (χ0) is 21.1. The molecule has 31 heavy (non-hydrogen) atoms. The average molecular weight is 445 g/mol. The first-order valence-corrected chi connectivity index (χ1v) is 10.1. The molecular weight excluding hydrogens is 422 g/mol. The summed E-state index contributed by atoms with van der Waals surface area (Å²) in [7, 11) is 0. The van der Waals surface area contributed by atoms with Crippen molar-refractivity contribution in [2.45, 2.75) is 50.9 Å². The van der Waals surface area contributed by atoms with E-state index in [9.17, 15) is 13.6 Å². The van der Waals surface area contributed by atoms with Crippen molar-refractivity contribution in [2.24, 2.45) is 0 Å². The van der Waals surface area contributed by atoms with Crippen LogP contribution in [0.4, 0.5) is 14.5 Å². The van der Waals surface area contributed by atoms with Crippen molar-refractivity contribution in [3.8, 4) is 22.5 Å². The molecule has 1 amide bonds. The Morgan fingerprint density at radius 3 is 2.35 bits per heavy atom. The van der Waals surface area contributed by atoms with E-state index in [0.29, 0.717) is 5.82 Å². The minimum absolute atomic E-state index is 0. The van der Waals surface area contributed by atoms with Gasteiger partial charge in [0.25, 0.3) is 0 Å². The summed E-state index contributed by atoms with van der Waals surface area (Å²) in [6.07, 6.45) is -0.147. The first kappa shape index (κ1) is 21.4. The molecule has 0 atom stereocenters. The molecule has 5 rings (SSSR count). The van der Waals surface area contributed by atoms with Crippen LogP contribution in [-0.4, -0.2) is 27.0 Å². The van der Waals surface area contributed by atoms with Gasteiger partial charge < -0.3 is 5.32 Å². The van der Waals surface area contributed by atoms with Crippen LogP contribution in [0.5, 0.6) is 0 Å². The Morgan fingerprint density at radius 2 is 1.68 bits per heavy atom. The monoisotopic (exact) mass is 444 g/mol. The number of benzene rings is 2. The standard InChI is InChI=1S/C23H22F2N4O.ClH/c1-13-3-4-16(20-26-14(2)28-29-20)11-17(13)15-5-6-18-19(12-15)27-21(30)22(18)7-9-23(24,25)10-8-22;/h3-6,11-12H,7-10H2,1-2H3,(H,27,30)(H,26,28,29);1H. The second kappa shape index (κ2) is 7.41. The Balaban J connectivity index is 0.00000231. The van der Waals surface area contributed by atoms with Crippen LogP contribution < -0.4 is 5.32 Å². The highest BCUT2D eigenvalue weighted by molar-refractivity contribution is 6.07. The molecule has 2 aromatic carbocycles. The highest BCUT2D eigenvalue weighted by Crippen LogP contribution is 2.51. The fraction of sp³-hybridized carbons (Fsp3) is 0.348. The zero-order valence-electron chi connectivity index (χ0n) is 17.3. The number of H-pyrrole nitrogens is 1. The van der Waals surface area contributed by atoms with E-state index in [-0.39, 0.29) is 44.0 Å². The van der Waals surface area contributed by atoms with E-state index in [1.807, 2.05) is 50.2 Å². The van der Waals surface area contributed by atoms with Crippen molar-refractivity contribution in [3.63, 3.8) is 0 Å². The predicted octanol–water partition coefficient (Wildman–Crippen LogP) is 5.58. The molecule has 0 radical (unpaired) electrons. The lowest BCUT2D eigenvalue weighted by molar-refractivity contribution is -0.125. The number of amides is 1. The summed E-state index contributed by atoms with van der Waals surface area (Å²) in [6, 6.07) is 11.9. The fourth-order valence-electron chi connectivity index (χ4n) is 4.68. The number of aromatic nitrogens is 3. The van der Waals surface area contributed by atoms with Crippen molar-refractivity contribution < 1.29 is 13.6 Å². The molecule has 2 N–H and O–H groups in total. The van der Waals surface area contributed by atoms with E-state index in [1.165, 1.54) is 0 Å². The quantitative estimate of drug-likeness (QED) is 0.542. The lowest BCUT2D eigenvalue weighted by atomic mass is 9.69. The summed E-state index contributed by atoms with van der Waals surface area (Å²) < 4.78 is 27.4. The SMILES string of the molecule is Cc1nc(-c2ccc(C)c(-c3ccc4c(c3)NC(=O)C43CCC(F)(F)CC3)c2)n[nH]1.Cl. The number of alkyl halides is 2. The molecule has 1 aromatic heterocycles. The molecule has 0 saturated heterocycles. The van der Waals surface area contributed by atoms with Crippen LogP contribution in [0.15, 0.2) is 36.4 Å². The zero-order valence-corrected chi connectivity index (χ0v) is 18.1. The molecule has 3 aromatic rings. The topological polar surface area (TPSA) is 70.7 Å². The maximum Gasteiger partial charge on any atom is 0.248 e.